The number of aromatic nitrogens is 1. The van der Waals surface area contributed by atoms with E-state index in [-0.39, 0.29) is 0 Å². The van der Waals surface area contributed by atoms with E-state index in [2.05, 4.69) is 29.0 Å². The number of hydrogen-bond donors (Lipinski definition) is 1. The van der Waals surface area contributed by atoms with Gasteiger partial charge in [-0.25, -0.2) is 4.98 Å². The van der Waals surface area contributed by atoms with Crippen LogP contribution in [0, 0.1) is 6.92 Å². The van der Waals surface area contributed by atoms with Gasteiger partial charge in [0.15, 0.2) is 0 Å². The number of rotatable bonds is 5. The Morgan fingerprint density at radius 3 is 2.87 bits per heavy atom. The van der Waals surface area contributed by atoms with Crippen molar-refractivity contribution in [2.45, 2.75) is 32.9 Å². The number of hydrogen-bond acceptors (Lipinski definition) is 4. The van der Waals surface area contributed by atoms with E-state index < -0.39 is 0 Å². The van der Waals surface area contributed by atoms with Crippen molar-refractivity contribution in [2.24, 2.45) is 0 Å². The zero-order valence-corrected chi connectivity index (χ0v) is 10.3. The van der Waals surface area contributed by atoms with Crippen LogP contribution in [0.1, 0.15) is 23.2 Å². The molecule has 0 aliphatic carbocycles. The van der Waals surface area contributed by atoms with Crippen LogP contribution in [0.5, 0.6) is 0 Å². The van der Waals surface area contributed by atoms with Crippen molar-refractivity contribution in [3.63, 3.8) is 0 Å². The predicted molar refractivity (Wildman–Crippen MR) is 64.2 cm³/mol. The Balaban J connectivity index is 1.93. The molecule has 3 nitrogen and oxygen atoms in total. The summed E-state index contributed by atoms with van der Waals surface area (Å²) in [5.74, 6) is 0. The Labute approximate surface area is 95.5 Å². The topological polar surface area (TPSA) is 28.2 Å². The van der Waals surface area contributed by atoms with E-state index in [0.717, 1.165) is 25.7 Å². The quantitative estimate of drug-likeness (QED) is 0.825. The van der Waals surface area contributed by atoms with Gasteiger partial charge in [0, 0.05) is 36.8 Å². The molecule has 15 heavy (non-hydrogen) atoms. The molecule has 1 saturated heterocycles. The van der Waals surface area contributed by atoms with Crippen LogP contribution < -0.4 is 5.32 Å². The first-order valence-electron chi connectivity index (χ1n) is 5.65. The van der Waals surface area contributed by atoms with Gasteiger partial charge in [-0.3, -0.25) is 4.90 Å². The van der Waals surface area contributed by atoms with Gasteiger partial charge in [-0.05, 0) is 19.9 Å². The lowest BCUT2D eigenvalue weighted by Gasteiger charge is -2.37. The molecule has 0 radical (unpaired) electrons. The van der Waals surface area contributed by atoms with Gasteiger partial charge in [-0.1, -0.05) is 6.92 Å². The van der Waals surface area contributed by atoms with Crippen molar-refractivity contribution in [2.75, 3.05) is 19.6 Å². The van der Waals surface area contributed by atoms with Crippen LogP contribution >= 0.6 is 11.3 Å². The molecule has 84 valence electrons. The molecule has 0 unspecified atom stereocenters. The van der Waals surface area contributed by atoms with Gasteiger partial charge < -0.3 is 5.32 Å². The first-order chi connectivity index (χ1) is 7.29. The Kier molecular flexibility index (Phi) is 3.72. The molecule has 2 rings (SSSR count). The Bertz CT molecular complexity index is 307. The fourth-order valence-corrected chi connectivity index (χ4v) is 2.71. The smallest absolute Gasteiger partial charge is 0.0897 e. The third kappa shape index (κ3) is 2.77. The molecule has 1 aromatic rings. The SMILES string of the molecule is CCCN(Cc1cnc(C)s1)C1CNC1. The highest BCUT2D eigenvalue weighted by atomic mass is 32.1. The molecule has 0 bridgehead atoms. The standard InChI is InChI=1S/C11H19N3S/c1-3-4-14(10-5-12-6-10)8-11-7-13-9(2)15-11/h7,10,12H,3-6,8H2,1-2H3. The molecular formula is C11H19N3S. The summed E-state index contributed by atoms with van der Waals surface area (Å²) in [5, 5.41) is 4.51. The molecule has 1 aliphatic heterocycles. The Hall–Kier alpha value is -0.450. The number of aryl methyl sites for hydroxylation is 1. The van der Waals surface area contributed by atoms with E-state index in [9.17, 15) is 0 Å². The first kappa shape index (κ1) is 11.0. The van der Waals surface area contributed by atoms with E-state index in [1.54, 1.807) is 0 Å². The average Bonchev–Trinajstić information content (AvgIpc) is 2.48. The molecule has 1 aliphatic rings. The van der Waals surface area contributed by atoms with Gasteiger partial charge in [0.2, 0.25) is 0 Å². The fourth-order valence-electron chi connectivity index (χ4n) is 1.89. The van der Waals surface area contributed by atoms with Crippen LogP contribution in [-0.4, -0.2) is 35.6 Å². The maximum Gasteiger partial charge on any atom is 0.0897 e. The highest BCUT2D eigenvalue weighted by Crippen LogP contribution is 2.17. The lowest BCUT2D eigenvalue weighted by atomic mass is 10.1. The highest BCUT2D eigenvalue weighted by Gasteiger charge is 2.24. The molecular weight excluding hydrogens is 206 g/mol. The van der Waals surface area contributed by atoms with E-state index in [1.165, 1.54) is 22.9 Å². The minimum absolute atomic E-state index is 0.743. The van der Waals surface area contributed by atoms with Crippen LogP contribution in [0.25, 0.3) is 0 Å². The molecule has 0 amide bonds. The summed E-state index contributed by atoms with van der Waals surface area (Å²) in [6.45, 7) is 8.89. The Morgan fingerprint density at radius 2 is 2.40 bits per heavy atom. The summed E-state index contributed by atoms with van der Waals surface area (Å²) in [6, 6.07) is 0.743. The van der Waals surface area contributed by atoms with Crippen molar-refractivity contribution < 1.29 is 0 Å². The van der Waals surface area contributed by atoms with Crippen LogP contribution in [0.15, 0.2) is 6.20 Å². The molecule has 0 aromatic carbocycles. The minimum Gasteiger partial charge on any atom is -0.314 e. The largest absolute Gasteiger partial charge is 0.314 e. The summed E-state index contributed by atoms with van der Waals surface area (Å²) < 4.78 is 0. The summed E-state index contributed by atoms with van der Waals surface area (Å²) in [5.41, 5.74) is 0. The normalized spacial score (nSPS) is 17.0. The third-order valence-electron chi connectivity index (χ3n) is 2.82. The lowest BCUT2D eigenvalue weighted by Crippen LogP contribution is -2.56. The van der Waals surface area contributed by atoms with Crippen molar-refractivity contribution >= 4 is 11.3 Å². The van der Waals surface area contributed by atoms with Crippen LogP contribution in [0.4, 0.5) is 0 Å². The van der Waals surface area contributed by atoms with Crippen molar-refractivity contribution in [1.29, 1.82) is 0 Å². The number of thiazole rings is 1. The maximum absolute atomic E-state index is 4.31. The number of nitrogens with one attached hydrogen (secondary N) is 1. The zero-order chi connectivity index (χ0) is 10.7. The maximum atomic E-state index is 4.31. The van der Waals surface area contributed by atoms with Gasteiger partial charge in [-0.2, -0.15) is 0 Å². The van der Waals surface area contributed by atoms with Gasteiger partial charge in [0.1, 0.15) is 0 Å². The summed E-state index contributed by atoms with van der Waals surface area (Å²) in [6.07, 6.45) is 3.25. The van der Waals surface area contributed by atoms with Gasteiger partial charge in [-0.15, -0.1) is 11.3 Å². The van der Waals surface area contributed by atoms with Crippen molar-refractivity contribution in [3.8, 4) is 0 Å². The van der Waals surface area contributed by atoms with E-state index >= 15 is 0 Å². The van der Waals surface area contributed by atoms with Gasteiger partial charge >= 0.3 is 0 Å². The highest BCUT2D eigenvalue weighted by molar-refractivity contribution is 7.11. The van der Waals surface area contributed by atoms with E-state index in [1.807, 2.05) is 17.5 Å². The molecule has 2 heterocycles. The summed E-state index contributed by atoms with van der Waals surface area (Å²) in [7, 11) is 0. The first-order valence-corrected chi connectivity index (χ1v) is 6.47. The van der Waals surface area contributed by atoms with Crippen LogP contribution in [0.3, 0.4) is 0 Å². The van der Waals surface area contributed by atoms with E-state index in [0.29, 0.717) is 0 Å². The van der Waals surface area contributed by atoms with Crippen LogP contribution in [0.2, 0.25) is 0 Å². The second-order valence-corrected chi connectivity index (χ2v) is 5.45. The second kappa shape index (κ2) is 5.05. The van der Waals surface area contributed by atoms with Gasteiger partial charge in [0.05, 0.1) is 5.01 Å². The molecule has 4 heteroatoms. The molecule has 0 spiro atoms. The predicted octanol–water partition coefficient (Wildman–Crippen LogP) is 1.64. The minimum atomic E-state index is 0.743. The number of nitrogens with zero attached hydrogens (tertiary/aromatic N) is 2. The zero-order valence-electron chi connectivity index (χ0n) is 9.49. The molecule has 0 saturated carbocycles. The van der Waals surface area contributed by atoms with E-state index in [4.69, 9.17) is 0 Å². The van der Waals surface area contributed by atoms with Gasteiger partial charge in [0.25, 0.3) is 0 Å². The third-order valence-corrected chi connectivity index (χ3v) is 3.71. The van der Waals surface area contributed by atoms with Crippen molar-refractivity contribution in [3.05, 3.63) is 16.1 Å². The summed E-state index contributed by atoms with van der Waals surface area (Å²) >= 11 is 1.82. The molecule has 1 fully saturated rings. The lowest BCUT2D eigenvalue weighted by molar-refractivity contribution is 0.139. The molecule has 0 atom stereocenters. The Morgan fingerprint density at radius 1 is 1.60 bits per heavy atom. The fraction of sp³-hybridized carbons (Fsp3) is 0.727. The average molecular weight is 225 g/mol. The summed E-state index contributed by atoms with van der Waals surface area (Å²) in [4.78, 5) is 8.28. The monoisotopic (exact) mass is 225 g/mol. The molecule has 1 N–H and O–H groups in total. The van der Waals surface area contributed by atoms with Crippen LogP contribution in [-0.2, 0) is 6.54 Å². The molecule has 1 aromatic heterocycles. The second-order valence-electron chi connectivity index (χ2n) is 4.13. The van der Waals surface area contributed by atoms with Crippen molar-refractivity contribution in [1.82, 2.24) is 15.2 Å².